The van der Waals surface area contributed by atoms with Gasteiger partial charge in [-0.1, -0.05) is 24.3 Å². The topological polar surface area (TPSA) is 165 Å². The van der Waals surface area contributed by atoms with Gasteiger partial charge in [0, 0.05) is 27.4 Å². The van der Waals surface area contributed by atoms with Crippen LogP contribution >= 0.6 is 0 Å². The van der Waals surface area contributed by atoms with Gasteiger partial charge < -0.3 is 19.6 Å². The number of fused-ring (bicyclic) bond motifs is 4. The van der Waals surface area contributed by atoms with Gasteiger partial charge in [-0.15, -0.1) is 0 Å². The molecule has 4 unspecified atom stereocenters. The Balaban J connectivity index is 2.39. The van der Waals surface area contributed by atoms with Crippen LogP contribution in [-0.4, -0.2) is 52.6 Å². The zero-order chi connectivity index (χ0) is 20.9. The molecule has 0 radical (unpaired) electrons. The molecule has 2 bridgehead atoms. The van der Waals surface area contributed by atoms with Crippen LogP contribution in [0.1, 0.15) is 29.3 Å². The number of quaternary nitrogens is 1. The average molecular weight is 391 g/mol. The van der Waals surface area contributed by atoms with Gasteiger partial charge in [0.05, 0.1) is 5.97 Å². The summed E-state index contributed by atoms with van der Waals surface area (Å²) in [7, 11) is 0. The first-order chi connectivity index (χ1) is 13.1. The highest BCUT2D eigenvalue weighted by Crippen LogP contribution is 2.50. The first kappa shape index (κ1) is 19.5. The number of hydrogen-bond donors (Lipinski definition) is 1. The van der Waals surface area contributed by atoms with Gasteiger partial charge in [0.25, 0.3) is 0 Å². The quantitative estimate of drug-likeness (QED) is 0.414. The van der Waals surface area contributed by atoms with Crippen LogP contribution in [0.4, 0.5) is 0 Å². The fraction of sp³-hybridized carbons (Fsp3) is 0.471. The van der Waals surface area contributed by atoms with Crippen LogP contribution in [0.5, 0.6) is 0 Å². The standard InChI is InChI=1S/C17H17N3O8/c1-10(21)6-13-16(19(25)26)8-18(7-14(22)23)9-17(13,20(27)28)15(24)11-4-2-3-5-12(11)16/h2-5,13H,6-9H2,1H3,(H,22,23). The van der Waals surface area contributed by atoms with E-state index >= 15 is 0 Å². The van der Waals surface area contributed by atoms with Crippen molar-refractivity contribution < 1.29 is 34.2 Å². The number of ketones is 2. The SMILES string of the molecule is CC(=O)CC1C2([N+](=O)[O-])C[NH+](CC(=O)[O-])CC1([N+](=O)[O-])c1ccccc1C2=O. The van der Waals surface area contributed by atoms with Crippen molar-refractivity contribution in [3.05, 3.63) is 55.6 Å². The van der Waals surface area contributed by atoms with E-state index in [1.807, 2.05) is 0 Å². The number of carboxylic acid groups (broad SMARTS) is 1. The maximum absolute atomic E-state index is 13.2. The van der Waals surface area contributed by atoms with Gasteiger partial charge in [-0.2, -0.15) is 0 Å². The maximum Gasteiger partial charge on any atom is 0.341 e. The number of carboxylic acids is 1. The zero-order valence-corrected chi connectivity index (χ0v) is 14.9. The van der Waals surface area contributed by atoms with Gasteiger partial charge in [0.2, 0.25) is 5.78 Å². The molecule has 1 fully saturated rings. The monoisotopic (exact) mass is 391 g/mol. The lowest BCUT2D eigenvalue weighted by Gasteiger charge is -2.48. The summed E-state index contributed by atoms with van der Waals surface area (Å²) >= 11 is 0. The van der Waals surface area contributed by atoms with Crippen LogP contribution in [-0.2, 0) is 15.1 Å². The number of carbonyl (C=O) groups excluding carboxylic acids is 3. The molecule has 1 aromatic rings. The highest BCUT2D eigenvalue weighted by molar-refractivity contribution is 6.06. The van der Waals surface area contributed by atoms with Crippen molar-refractivity contribution in [2.24, 2.45) is 5.92 Å². The summed E-state index contributed by atoms with van der Waals surface area (Å²) in [6, 6.07) is 5.55. The minimum atomic E-state index is -2.48. The number of rotatable bonds is 6. The number of Topliss-reactive ketones (excluding diaryl/α,β-unsaturated/α-hetero) is 2. The molecule has 3 rings (SSSR count). The highest BCUT2D eigenvalue weighted by Gasteiger charge is 2.79. The lowest BCUT2D eigenvalue weighted by molar-refractivity contribution is -0.943. The van der Waals surface area contributed by atoms with Crippen molar-refractivity contribution in [1.29, 1.82) is 0 Å². The Bertz CT molecular complexity index is 915. The van der Waals surface area contributed by atoms with Crippen molar-refractivity contribution in [1.82, 2.24) is 0 Å². The highest BCUT2D eigenvalue weighted by atomic mass is 16.6. The molecule has 0 amide bonds. The number of nitro groups is 2. The Morgan fingerprint density at radius 3 is 2.25 bits per heavy atom. The Hall–Kier alpha value is -3.21. The summed E-state index contributed by atoms with van der Waals surface area (Å²) in [5.74, 6) is -4.54. The minimum absolute atomic E-state index is 0.0175. The lowest BCUT2D eigenvalue weighted by Crippen LogP contribution is -3.20. The van der Waals surface area contributed by atoms with Crippen LogP contribution in [0, 0.1) is 26.1 Å². The van der Waals surface area contributed by atoms with Crippen LogP contribution in [0.3, 0.4) is 0 Å². The molecule has 1 N–H and O–H groups in total. The van der Waals surface area contributed by atoms with E-state index in [-0.39, 0.29) is 16.0 Å². The van der Waals surface area contributed by atoms with Gasteiger partial charge in [0.1, 0.15) is 18.2 Å². The molecule has 148 valence electrons. The van der Waals surface area contributed by atoms with Gasteiger partial charge in [0.15, 0.2) is 13.1 Å². The van der Waals surface area contributed by atoms with Gasteiger partial charge in [-0.25, -0.2) is 0 Å². The zero-order valence-electron chi connectivity index (χ0n) is 14.9. The molecule has 1 aromatic carbocycles. The Labute approximate surface area is 158 Å². The van der Waals surface area contributed by atoms with Crippen molar-refractivity contribution in [2.45, 2.75) is 24.4 Å². The third-order valence-electron chi connectivity index (χ3n) is 5.76. The fourth-order valence-corrected chi connectivity index (χ4v) is 4.80. The minimum Gasteiger partial charge on any atom is -0.544 e. The smallest absolute Gasteiger partial charge is 0.341 e. The average Bonchev–Trinajstić information content (AvgIpc) is 2.59. The Morgan fingerprint density at radius 1 is 1.14 bits per heavy atom. The molecular formula is C17H17N3O8. The largest absolute Gasteiger partial charge is 0.544 e. The molecule has 0 aromatic heterocycles. The number of nitrogens with zero attached hydrogens (tertiary/aromatic N) is 2. The van der Waals surface area contributed by atoms with Gasteiger partial charge in [-0.05, 0) is 6.92 Å². The third-order valence-corrected chi connectivity index (χ3v) is 5.76. The predicted molar refractivity (Wildman–Crippen MR) is 88.5 cm³/mol. The molecule has 2 aliphatic rings. The Kier molecular flexibility index (Phi) is 4.50. The number of benzene rings is 1. The van der Waals surface area contributed by atoms with E-state index in [4.69, 9.17) is 0 Å². The van der Waals surface area contributed by atoms with E-state index in [2.05, 4.69) is 0 Å². The molecule has 1 saturated heterocycles. The number of hydrogen-bond acceptors (Lipinski definition) is 8. The molecular weight excluding hydrogens is 374 g/mol. The number of carbonyl (C=O) groups is 3. The summed E-state index contributed by atoms with van der Waals surface area (Å²) in [5, 5.41) is 35.6. The number of aliphatic carboxylic acids is 1. The normalized spacial score (nSPS) is 31.0. The maximum atomic E-state index is 13.2. The molecule has 1 aliphatic heterocycles. The molecule has 1 heterocycles. The van der Waals surface area contributed by atoms with Crippen molar-refractivity contribution in [3.8, 4) is 0 Å². The third kappa shape index (κ3) is 2.50. The predicted octanol–water partition coefficient (Wildman–Crippen LogP) is -2.39. The molecule has 0 saturated carbocycles. The van der Waals surface area contributed by atoms with E-state index in [9.17, 15) is 39.7 Å². The van der Waals surface area contributed by atoms with Crippen LogP contribution in [0.25, 0.3) is 0 Å². The fourth-order valence-electron chi connectivity index (χ4n) is 4.80. The van der Waals surface area contributed by atoms with Crippen molar-refractivity contribution in [3.63, 3.8) is 0 Å². The summed E-state index contributed by atoms with van der Waals surface area (Å²) in [5.41, 5.74) is -4.78. The number of likely N-dealkylation sites (tertiary alicyclic amines) is 1. The van der Waals surface area contributed by atoms with E-state index in [1.165, 1.54) is 24.3 Å². The van der Waals surface area contributed by atoms with E-state index in [0.29, 0.717) is 0 Å². The van der Waals surface area contributed by atoms with E-state index in [1.54, 1.807) is 0 Å². The first-order valence-corrected chi connectivity index (χ1v) is 8.53. The second kappa shape index (κ2) is 6.44. The van der Waals surface area contributed by atoms with Gasteiger partial charge in [-0.3, -0.25) is 25.0 Å². The van der Waals surface area contributed by atoms with E-state index < -0.39 is 70.4 Å². The van der Waals surface area contributed by atoms with Crippen LogP contribution < -0.4 is 10.0 Å². The lowest BCUT2D eigenvalue weighted by atomic mass is 9.56. The first-order valence-electron chi connectivity index (χ1n) is 8.53. The summed E-state index contributed by atoms with van der Waals surface area (Å²) in [6.07, 6.45) is -0.541. The summed E-state index contributed by atoms with van der Waals surface area (Å²) < 4.78 is 0. The summed E-state index contributed by atoms with van der Waals surface area (Å²) in [4.78, 5) is 59.1. The van der Waals surface area contributed by atoms with Gasteiger partial charge >= 0.3 is 11.1 Å². The van der Waals surface area contributed by atoms with Crippen LogP contribution in [0.2, 0.25) is 0 Å². The van der Waals surface area contributed by atoms with Crippen LogP contribution in [0.15, 0.2) is 24.3 Å². The Morgan fingerprint density at radius 2 is 1.71 bits per heavy atom. The summed E-state index contributed by atoms with van der Waals surface area (Å²) in [6.45, 7) is -0.568. The number of nitrogens with one attached hydrogen (secondary N) is 1. The molecule has 11 heteroatoms. The molecule has 28 heavy (non-hydrogen) atoms. The van der Waals surface area contributed by atoms with Crippen molar-refractivity contribution >= 4 is 17.5 Å². The van der Waals surface area contributed by atoms with Crippen molar-refractivity contribution in [2.75, 3.05) is 19.6 Å². The molecule has 11 nitrogen and oxygen atoms in total. The second-order valence-corrected chi connectivity index (χ2v) is 7.35. The number of piperidine rings is 1. The molecule has 1 aliphatic carbocycles. The molecule has 0 spiro atoms. The molecule has 4 atom stereocenters. The van der Waals surface area contributed by atoms with E-state index in [0.717, 1.165) is 6.92 Å². The second-order valence-electron chi connectivity index (χ2n) is 7.35.